The average molecular weight is 273 g/mol. The van der Waals surface area contributed by atoms with Crippen LogP contribution in [0.15, 0.2) is 30.5 Å². The highest BCUT2D eigenvalue weighted by molar-refractivity contribution is 5.37. The predicted octanol–water partition coefficient (Wildman–Crippen LogP) is 2.83. The minimum atomic E-state index is 0.147. The molecule has 0 aliphatic rings. The van der Waals surface area contributed by atoms with Crippen LogP contribution in [0.2, 0.25) is 0 Å². The Morgan fingerprint density at radius 2 is 2.15 bits per heavy atom. The zero-order chi connectivity index (χ0) is 14.5. The SMILES string of the molecule is CCNC(c1cccc(OCC)c1)c1cnn(C)c1C. The van der Waals surface area contributed by atoms with Gasteiger partial charge in [0.05, 0.1) is 18.8 Å². The fourth-order valence-corrected chi connectivity index (χ4v) is 2.36. The van der Waals surface area contributed by atoms with Gasteiger partial charge in [0.15, 0.2) is 0 Å². The average Bonchev–Trinajstić information content (AvgIpc) is 2.77. The summed E-state index contributed by atoms with van der Waals surface area (Å²) in [6.45, 7) is 7.79. The second kappa shape index (κ2) is 6.57. The fraction of sp³-hybridized carbons (Fsp3) is 0.438. The molecule has 0 bridgehead atoms. The van der Waals surface area contributed by atoms with Crippen molar-refractivity contribution in [2.24, 2.45) is 7.05 Å². The number of rotatable bonds is 6. The van der Waals surface area contributed by atoms with Crippen LogP contribution in [-0.2, 0) is 7.05 Å². The Bertz CT molecular complexity index is 563. The number of nitrogens with one attached hydrogen (secondary N) is 1. The molecule has 1 heterocycles. The molecule has 1 N–H and O–H groups in total. The van der Waals surface area contributed by atoms with Crippen LogP contribution in [0.25, 0.3) is 0 Å². The summed E-state index contributed by atoms with van der Waals surface area (Å²) in [6.07, 6.45) is 1.94. The summed E-state index contributed by atoms with van der Waals surface area (Å²) in [5.41, 5.74) is 3.59. The molecule has 0 spiro atoms. The maximum Gasteiger partial charge on any atom is 0.119 e. The summed E-state index contributed by atoms with van der Waals surface area (Å²) < 4.78 is 7.51. The number of ether oxygens (including phenoxy) is 1. The van der Waals surface area contributed by atoms with Gasteiger partial charge in [-0.3, -0.25) is 4.68 Å². The smallest absolute Gasteiger partial charge is 0.119 e. The van der Waals surface area contributed by atoms with Crippen molar-refractivity contribution < 1.29 is 4.74 Å². The van der Waals surface area contributed by atoms with Crippen molar-refractivity contribution in [2.75, 3.05) is 13.2 Å². The number of aromatic nitrogens is 2. The van der Waals surface area contributed by atoms with E-state index in [9.17, 15) is 0 Å². The van der Waals surface area contributed by atoms with E-state index in [1.54, 1.807) is 0 Å². The van der Waals surface area contributed by atoms with Crippen LogP contribution in [0.4, 0.5) is 0 Å². The molecular weight excluding hydrogens is 250 g/mol. The Kier molecular flexibility index (Phi) is 4.79. The zero-order valence-corrected chi connectivity index (χ0v) is 12.7. The summed E-state index contributed by atoms with van der Waals surface area (Å²) in [5.74, 6) is 0.912. The highest BCUT2D eigenvalue weighted by Crippen LogP contribution is 2.27. The van der Waals surface area contributed by atoms with Crippen LogP contribution in [0, 0.1) is 6.92 Å². The molecule has 4 nitrogen and oxygen atoms in total. The number of aryl methyl sites for hydroxylation is 1. The maximum absolute atomic E-state index is 5.60. The summed E-state index contributed by atoms with van der Waals surface area (Å²) in [4.78, 5) is 0. The summed E-state index contributed by atoms with van der Waals surface area (Å²) >= 11 is 0. The number of benzene rings is 1. The van der Waals surface area contributed by atoms with Gasteiger partial charge in [-0.15, -0.1) is 0 Å². The number of nitrogens with zero attached hydrogens (tertiary/aromatic N) is 2. The van der Waals surface area contributed by atoms with E-state index in [1.165, 1.54) is 16.8 Å². The Morgan fingerprint density at radius 1 is 1.35 bits per heavy atom. The van der Waals surface area contributed by atoms with Crippen molar-refractivity contribution in [3.8, 4) is 5.75 Å². The van der Waals surface area contributed by atoms with E-state index in [0.717, 1.165) is 12.3 Å². The van der Waals surface area contributed by atoms with Crippen molar-refractivity contribution in [1.29, 1.82) is 0 Å². The molecule has 108 valence electrons. The molecule has 2 rings (SSSR count). The van der Waals surface area contributed by atoms with Crippen LogP contribution in [0.3, 0.4) is 0 Å². The minimum Gasteiger partial charge on any atom is -0.494 e. The van der Waals surface area contributed by atoms with Gasteiger partial charge in [-0.25, -0.2) is 0 Å². The summed E-state index contributed by atoms with van der Waals surface area (Å²) in [6, 6.07) is 8.41. The first-order valence-corrected chi connectivity index (χ1v) is 7.12. The predicted molar refractivity (Wildman–Crippen MR) is 81.1 cm³/mol. The molecule has 0 saturated heterocycles. The third-order valence-corrected chi connectivity index (χ3v) is 3.49. The molecule has 0 saturated carbocycles. The van der Waals surface area contributed by atoms with Crippen molar-refractivity contribution >= 4 is 0 Å². The monoisotopic (exact) mass is 273 g/mol. The minimum absolute atomic E-state index is 0.147. The molecule has 4 heteroatoms. The van der Waals surface area contributed by atoms with Crippen molar-refractivity contribution in [3.05, 3.63) is 47.3 Å². The van der Waals surface area contributed by atoms with Gasteiger partial charge in [-0.2, -0.15) is 5.10 Å². The van der Waals surface area contributed by atoms with Gasteiger partial charge in [0.25, 0.3) is 0 Å². The summed E-state index contributed by atoms with van der Waals surface area (Å²) in [7, 11) is 1.97. The third-order valence-electron chi connectivity index (χ3n) is 3.49. The van der Waals surface area contributed by atoms with Gasteiger partial charge in [0.2, 0.25) is 0 Å². The van der Waals surface area contributed by atoms with Gasteiger partial charge in [-0.05, 0) is 38.1 Å². The van der Waals surface area contributed by atoms with Crippen LogP contribution in [-0.4, -0.2) is 22.9 Å². The Labute approximate surface area is 120 Å². The molecule has 2 aromatic rings. The largest absolute Gasteiger partial charge is 0.494 e. The lowest BCUT2D eigenvalue weighted by Gasteiger charge is -2.19. The van der Waals surface area contributed by atoms with Gasteiger partial charge in [0.1, 0.15) is 5.75 Å². The standard InChI is InChI=1S/C16H23N3O/c1-5-17-16(15-11-18-19(4)12(15)3)13-8-7-9-14(10-13)20-6-2/h7-11,16-17H,5-6H2,1-4H3. The van der Waals surface area contributed by atoms with E-state index in [4.69, 9.17) is 4.74 Å². The lowest BCUT2D eigenvalue weighted by molar-refractivity contribution is 0.339. The zero-order valence-electron chi connectivity index (χ0n) is 12.7. The quantitative estimate of drug-likeness (QED) is 0.879. The Hall–Kier alpha value is -1.81. The second-order valence-corrected chi connectivity index (χ2v) is 4.81. The lowest BCUT2D eigenvalue weighted by Crippen LogP contribution is -2.22. The van der Waals surface area contributed by atoms with Crippen molar-refractivity contribution in [2.45, 2.75) is 26.8 Å². The van der Waals surface area contributed by atoms with E-state index in [2.05, 4.69) is 36.4 Å². The molecule has 1 aromatic heterocycles. The van der Waals surface area contributed by atoms with Crippen molar-refractivity contribution in [1.82, 2.24) is 15.1 Å². The summed E-state index contributed by atoms with van der Waals surface area (Å²) in [5, 5.41) is 7.88. The molecule has 0 radical (unpaired) electrons. The maximum atomic E-state index is 5.60. The molecular formula is C16H23N3O. The molecule has 20 heavy (non-hydrogen) atoms. The molecule has 1 atom stereocenters. The van der Waals surface area contributed by atoms with Crippen LogP contribution in [0.1, 0.15) is 36.7 Å². The normalized spacial score (nSPS) is 12.4. The first kappa shape index (κ1) is 14.6. The molecule has 1 aromatic carbocycles. The van der Waals surface area contributed by atoms with Gasteiger partial charge in [-0.1, -0.05) is 19.1 Å². The Morgan fingerprint density at radius 3 is 2.75 bits per heavy atom. The highest BCUT2D eigenvalue weighted by Gasteiger charge is 2.18. The van der Waals surface area contributed by atoms with Crippen molar-refractivity contribution in [3.63, 3.8) is 0 Å². The molecule has 0 fully saturated rings. The first-order valence-electron chi connectivity index (χ1n) is 7.12. The van der Waals surface area contributed by atoms with E-state index >= 15 is 0 Å². The molecule has 0 aliphatic heterocycles. The lowest BCUT2D eigenvalue weighted by atomic mass is 9.99. The van der Waals surface area contributed by atoms with Crippen LogP contribution in [0.5, 0.6) is 5.75 Å². The first-order chi connectivity index (χ1) is 9.67. The molecule has 0 aliphatic carbocycles. The van der Waals surface area contributed by atoms with Crippen LogP contribution >= 0.6 is 0 Å². The second-order valence-electron chi connectivity index (χ2n) is 4.81. The van der Waals surface area contributed by atoms with Gasteiger partial charge in [0, 0.05) is 18.3 Å². The van der Waals surface area contributed by atoms with Gasteiger partial charge < -0.3 is 10.1 Å². The van der Waals surface area contributed by atoms with Crippen LogP contribution < -0.4 is 10.1 Å². The number of hydrogen-bond donors (Lipinski definition) is 1. The fourth-order valence-electron chi connectivity index (χ4n) is 2.36. The number of hydrogen-bond acceptors (Lipinski definition) is 3. The third kappa shape index (κ3) is 3.02. The van der Waals surface area contributed by atoms with E-state index in [1.807, 2.05) is 37.0 Å². The molecule has 0 amide bonds. The molecule has 1 unspecified atom stereocenters. The van der Waals surface area contributed by atoms with Gasteiger partial charge >= 0.3 is 0 Å². The topological polar surface area (TPSA) is 39.1 Å². The Balaban J connectivity index is 2.37. The van der Waals surface area contributed by atoms with E-state index in [0.29, 0.717) is 6.61 Å². The highest BCUT2D eigenvalue weighted by atomic mass is 16.5. The van der Waals surface area contributed by atoms with E-state index in [-0.39, 0.29) is 6.04 Å². The van der Waals surface area contributed by atoms with E-state index < -0.39 is 0 Å².